The third kappa shape index (κ3) is 17.0. The molecule has 0 aromatic carbocycles. The van der Waals surface area contributed by atoms with Gasteiger partial charge in [-0.05, 0) is 88.9 Å². The van der Waals surface area contributed by atoms with Gasteiger partial charge in [0, 0.05) is 38.7 Å². The molecule has 5 saturated heterocycles. The van der Waals surface area contributed by atoms with Crippen molar-refractivity contribution in [3.63, 3.8) is 0 Å². The number of methoxy groups -OCH3 is 2. The summed E-state index contributed by atoms with van der Waals surface area (Å²) >= 11 is 0. The van der Waals surface area contributed by atoms with Crippen LogP contribution in [0.1, 0.15) is 77.6 Å². The molecule has 0 spiro atoms. The van der Waals surface area contributed by atoms with Crippen LogP contribution in [0.2, 0.25) is 0 Å². The number of carbonyl (C=O) groups excluding carboxylic acids is 2. The lowest BCUT2D eigenvalue weighted by atomic mass is 9.72. The molecule has 0 radical (unpaired) electrons. The second-order valence-corrected chi connectivity index (χ2v) is 25.8. The molecule has 4 saturated carbocycles. The van der Waals surface area contributed by atoms with E-state index in [-0.39, 0.29) is 57.3 Å². The summed E-state index contributed by atoms with van der Waals surface area (Å²) in [5.41, 5.74) is 0. The van der Waals surface area contributed by atoms with Crippen LogP contribution in [0.5, 0.6) is 0 Å². The maximum atomic E-state index is 13.2. The van der Waals surface area contributed by atoms with Gasteiger partial charge in [0.25, 0.3) is 0 Å². The summed E-state index contributed by atoms with van der Waals surface area (Å²) in [5.74, 6) is -3.47. The monoisotopic (exact) mass is 1310 g/mol. The normalized spacial score (nSPS) is 50.1. The summed E-state index contributed by atoms with van der Waals surface area (Å²) in [6.07, 6.45) is -36.4. The highest BCUT2D eigenvalue weighted by atomic mass is 16.8. The molecular weight excluding hydrogens is 1220 g/mol. The molecular formula is C59H94O32. The Morgan fingerprint density at radius 3 is 1.54 bits per heavy atom. The molecule has 34 unspecified atom stereocenters. The maximum Gasteiger partial charge on any atom is 0.330 e. The second kappa shape index (κ2) is 32.1. The largest absolute Gasteiger partial charge is 0.460 e. The van der Waals surface area contributed by atoms with Crippen LogP contribution < -0.4 is 0 Å². The Hall–Kier alpha value is -2.70. The number of rotatable bonds is 20. The topological polar surface area (TPSA) is 498 Å². The number of aliphatic hydroxyl groups is 17. The molecule has 5 heterocycles. The van der Waals surface area contributed by atoms with Gasteiger partial charge in [-0.3, -0.25) is 0 Å². The first-order chi connectivity index (χ1) is 43.3. The number of allylic oxidation sites excluding steroid dienone is 2. The first kappa shape index (κ1) is 72.6. The average molecular weight is 1320 g/mol. The molecule has 32 heteroatoms. The van der Waals surface area contributed by atoms with Gasteiger partial charge in [-0.25, -0.2) is 9.59 Å². The zero-order valence-electron chi connectivity index (χ0n) is 50.7. The molecule has 9 aliphatic rings. The lowest BCUT2D eigenvalue weighted by Crippen LogP contribution is -2.64. The van der Waals surface area contributed by atoms with E-state index in [1.165, 1.54) is 27.2 Å². The van der Waals surface area contributed by atoms with Crippen LogP contribution in [-0.4, -0.2) is 329 Å². The standard InChI is InChI=1S/C59H94O32/c1-22-54(91-41(66)11-7-24-5-9-31(30(64)13-24)85-57-51(76)47(72)44(69)38(89-57)20-81-40(65)10-6-23-4-8-28(62)29(63)12-23)49(74)53(78)56(83-22)82-21-39-45(70)48(73)52(77)59(90-39)87-36-18-27-32(84-55(36)25-14-34(79-2)42(67)35(15-25)80-3)16-26(61)17-33(27)86-58-50(75)46(71)43(68)37(19-60)88-58/h6-7,10-11,22-39,42-64,67-78H,4-5,8-9,12-21H2,1-3H3. The molecule has 5 aliphatic heterocycles. The lowest BCUT2D eigenvalue weighted by molar-refractivity contribution is -0.352. The highest BCUT2D eigenvalue weighted by molar-refractivity contribution is 5.82. The Balaban J connectivity index is 0.770. The van der Waals surface area contributed by atoms with E-state index >= 15 is 0 Å². The van der Waals surface area contributed by atoms with Gasteiger partial charge >= 0.3 is 11.9 Å². The van der Waals surface area contributed by atoms with Crippen LogP contribution in [0.25, 0.3) is 0 Å². The average Bonchev–Trinajstić information content (AvgIpc) is 0.986. The van der Waals surface area contributed by atoms with E-state index in [9.17, 15) is 96.4 Å². The van der Waals surface area contributed by atoms with Crippen LogP contribution in [0.4, 0.5) is 0 Å². The van der Waals surface area contributed by atoms with E-state index in [0.717, 1.165) is 12.2 Å². The van der Waals surface area contributed by atoms with Gasteiger partial charge in [0.15, 0.2) is 31.3 Å². The van der Waals surface area contributed by atoms with Crippen molar-refractivity contribution in [1.82, 2.24) is 0 Å². The van der Waals surface area contributed by atoms with E-state index in [0.29, 0.717) is 19.3 Å². The fraction of sp³-hybridized carbons (Fsp3) is 0.898. The molecule has 0 aromatic rings. The third-order valence-corrected chi connectivity index (χ3v) is 19.7. The molecule has 91 heavy (non-hydrogen) atoms. The van der Waals surface area contributed by atoms with Crippen molar-refractivity contribution < 1.29 is 158 Å². The van der Waals surface area contributed by atoms with Gasteiger partial charge in [0.1, 0.15) is 98.2 Å². The van der Waals surface area contributed by atoms with E-state index in [4.69, 9.17) is 61.6 Å². The molecule has 9 rings (SSSR count). The van der Waals surface area contributed by atoms with E-state index < -0.39 is 246 Å². The molecule has 32 nitrogen and oxygen atoms in total. The minimum atomic E-state index is -1.92. The fourth-order valence-corrected chi connectivity index (χ4v) is 14.2. The number of hydrogen-bond acceptors (Lipinski definition) is 32. The summed E-state index contributed by atoms with van der Waals surface area (Å²) in [6.45, 7) is -0.481. The number of ether oxygens (including phenoxy) is 13. The van der Waals surface area contributed by atoms with Crippen molar-refractivity contribution in [1.29, 1.82) is 0 Å². The minimum Gasteiger partial charge on any atom is -0.460 e. The fourth-order valence-electron chi connectivity index (χ4n) is 14.2. The molecule has 34 atom stereocenters. The quantitative estimate of drug-likeness (QED) is 0.0398. The van der Waals surface area contributed by atoms with Crippen molar-refractivity contribution in [2.45, 2.75) is 274 Å². The SMILES string of the molecule is COC1CC(C2OC3CC(O)CC(OC4OC(CO)C(O)C(O)C4O)C3CC2OC2OC(COC3OC(C)C(OC(=O)C=CC4CCC(OC5OC(COC(=O)C=CC6CCC(O)C(O)C6)C(O)C(O)C5O)C(O)C4)C(O)C3O)C(O)C(O)C2O)CC(OC)C1O. The first-order valence-electron chi connectivity index (χ1n) is 31.4. The van der Waals surface area contributed by atoms with Crippen LogP contribution in [0.3, 0.4) is 0 Å². The number of aliphatic hydroxyl groups excluding tert-OH is 17. The van der Waals surface area contributed by atoms with E-state index in [1.807, 2.05) is 0 Å². The van der Waals surface area contributed by atoms with Gasteiger partial charge in [0.2, 0.25) is 0 Å². The van der Waals surface area contributed by atoms with Crippen molar-refractivity contribution in [3.05, 3.63) is 24.3 Å². The summed E-state index contributed by atoms with van der Waals surface area (Å²) in [7, 11) is 2.86. The smallest absolute Gasteiger partial charge is 0.330 e. The molecule has 0 aromatic heterocycles. The zero-order chi connectivity index (χ0) is 65.9. The van der Waals surface area contributed by atoms with Gasteiger partial charge < -0.3 is 148 Å². The Labute approximate surface area is 524 Å². The summed E-state index contributed by atoms with van der Waals surface area (Å²) in [6, 6.07) is 0. The van der Waals surface area contributed by atoms with Gasteiger partial charge in [-0.1, -0.05) is 12.2 Å². The first-order valence-corrected chi connectivity index (χ1v) is 31.4. The Bertz CT molecular complexity index is 2340. The van der Waals surface area contributed by atoms with Crippen LogP contribution in [-0.2, 0) is 71.2 Å². The molecule has 0 amide bonds. The van der Waals surface area contributed by atoms with Gasteiger partial charge in [-0.15, -0.1) is 0 Å². The number of esters is 2. The van der Waals surface area contributed by atoms with Crippen LogP contribution >= 0.6 is 0 Å². The highest BCUT2D eigenvalue weighted by Gasteiger charge is 2.56. The van der Waals surface area contributed by atoms with Crippen LogP contribution in [0.15, 0.2) is 24.3 Å². The minimum absolute atomic E-state index is 0.0182. The van der Waals surface area contributed by atoms with E-state index in [2.05, 4.69) is 0 Å². The predicted octanol–water partition coefficient (Wildman–Crippen LogP) is -6.98. The van der Waals surface area contributed by atoms with Gasteiger partial charge in [-0.2, -0.15) is 0 Å². The second-order valence-electron chi connectivity index (χ2n) is 25.8. The predicted molar refractivity (Wildman–Crippen MR) is 298 cm³/mol. The Morgan fingerprint density at radius 1 is 0.451 bits per heavy atom. The molecule has 9 fully saturated rings. The summed E-state index contributed by atoms with van der Waals surface area (Å²) in [4.78, 5) is 25.7. The highest BCUT2D eigenvalue weighted by Crippen LogP contribution is 2.46. The number of carbonyl (C=O) groups is 2. The van der Waals surface area contributed by atoms with Crippen molar-refractivity contribution in [2.75, 3.05) is 34.0 Å². The summed E-state index contributed by atoms with van der Waals surface area (Å²) < 4.78 is 76.6. The maximum absolute atomic E-state index is 13.2. The molecule has 17 N–H and O–H groups in total. The number of fused-ring (bicyclic) bond motifs is 1. The zero-order valence-corrected chi connectivity index (χ0v) is 50.7. The molecule has 522 valence electrons. The number of hydrogen-bond donors (Lipinski definition) is 17. The van der Waals surface area contributed by atoms with E-state index in [1.54, 1.807) is 6.08 Å². The summed E-state index contributed by atoms with van der Waals surface area (Å²) in [5, 5.41) is 183. The Morgan fingerprint density at radius 2 is 0.967 bits per heavy atom. The van der Waals surface area contributed by atoms with Gasteiger partial charge in [0.05, 0.1) is 86.5 Å². The van der Waals surface area contributed by atoms with Crippen molar-refractivity contribution >= 4 is 11.9 Å². The molecule has 4 aliphatic carbocycles. The lowest BCUT2D eigenvalue weighted by Gasteiger charge is -2.53. The van der Waals surface area contributed by atoms with Crippen molar-refractivity contribution in [2.24, 2.45) is 23.7 Å². The van der Waals surface area contributed by atoms with Crippen LogP contribution in [0, 0.1) is 23.7 Å². The third-order valence-electron chi connectivity index (χ3n) is 19.7. The molecule has 0 bridgehead atoms. The van der Waals surface area contributed by atoms with Crippen molar-refractivity contribution in [3.8, 4) is 0 Å². The Kier molecular flexibility index (Phi) is 25.6.